The molecule has 11 N–H and O–H groups in total. The molecule has 374 valence electrons. The van der Waals surface area contributed by atoms with Crippen molar-refractivity contribution in [3.05, 3.63) is 123 Å². The Balaban J connectivity index is 1.52. The molecule has 12 nitrogen and oxygen atoms in total. The summed E-state index contributed by atoms with van der Waals surface area (Å²) in [7, 11) is 0. The molecule has 7 aromatic rings. The summed E-state index contributed by atoms with van der Waals surface area (Å²) in [5, 5.41) is 60.7. The second kappa shape index (κ2) is 20.0. The fraction of sp³-hybridized carbons (Fsp3) is 0.213. The molecule has 0 saturated carbocycles. The first-order valence-electron chi connectivity index (χ1n) is 21.1. The van der Waals surface area contributed by atoms with Crippen molar-refractivity contribution in [1.29, 1.82) is 0 Å². The van der Waals surface area contributed by atoms with Gasteiger partial charge in [-0.15, -0.1) is 0 Å². The summed E-state index contributed by atoms with van der Waals surface area (Å²) in [6.45, 7) is -4.33. The summed E-state index contributed by atoms with van der Waals surface area (Å²) < 4.78 is 194. The molecule has 0 spiro atoms. The number of hydrogen-bond acceptors (Lipinski definition) is 9. The molecule has 71 heavy (non-hydrogen) atoms. The van der Waals surface area contributed by atoms with Crippen LogP contribution in [0.1, 0.15) is 23.4 Å². The first-order valence-corrected chi connectivity index (χ1v) is 21.1. The van der Waals surface area contributed by atoms with Gasteiger partial charge in [0.25, 0.3) is 0 Å². The number of anilines is 2. The number of nitrogens with zero attached hydrogens (tertiary/aromatic N) is 1. The van der Waals surface area contributed by atoms with Gasteiger partial charge in [-0.05, 0) is 61.4 Å². The Bertz CT molecular complexity index is 3330. The van der Waals surface area contributed by atoms with E-state index < -0.39 is 212 Å². The van der Waals surface area contributed by atoms with Gasteiger partial charge < -0.3 is 56.2 Å². The van der Waals surface area contributed by atoms with Crippen molar-refractivity contribution in [3.63, 3.8) is 0 Å². The fourth-order valence-corrected chi connectivity index (χ4v) is 8.04. The van der Waals surface area contributed by atoms with Crippen molar-refractivity contribution < 1.29 is 83.3 Å². The number of aromatic amines is 3. The van der Waals surface area contributed by atoms with E-state index in [1.54, 1.807) is 0 Å². The SMILES string of the molecule is OC[C@H](O)CCc1c(F)c(F)c(-c2c3ccc([nH]3)c3nc(c(-c4c(F)c(F)c(NC[C@@H](O)CO)c(F)c4F)c4ccc([nH]4)c(-c4c(F)c(F)c(NC[C@@H](O)CO)c(F)c4F)c4ccc2[nH]4)C=C3)c(F)c1F. The van der Waals surface area contributed by atoms with Crippen LogP contribution in [0.4, 0.5) is 64.1 Å². The summed E-state index contributed by atoms with van der Waals surface area (Å²) in [5.74, 6) is -24.5. The van der Waals surface area contributed by atoms with Gasteiger partial charge in [0.1, 0.15) is 11.4 Å². The van der Waals surface area contributed by atoms with Crippen molar-refractivity contribution in [3.8, 4) is 33.4 Å². The van der Waals surface area contributed by atoms with Gasteiger partial charge in [-0.2, -0.15) is 0 Å². The summed E-state index contributed by atoms with van der Waals surface area (Å²) in [6, 6.07) is 6.18. The van der Waals surface area contributed by atoms with Gasteiger partial charge in [0.05, 0.1) is 71.7 Å². The standard InChI is InChI=1S/C47H36F12N6O6/c48-34-19(2-1-16(69)13-66)35(49)37(51)31(36(34)50)28-22-5-3-20(62-22)21-4-6-23(63-21)29(32-38(52)42(56)46(43(57)39(32)53)60-11-17(70)14-67)25-8-10-27(65-25)30(26-9-7-24(28)64-26)33-40(54)44(58)47(45(59)41(33)55)61-12-18(71)15-68/h3-10,16-18,60-62,64-71H,1-2,11-15H2/t16-,17-,18-/m1/s1. The third kappa shape index (κ3) is 8.90. The minimum Gasteiger partial charge on any atom is -0.394 e. The van der Waals surface area contributed by atoms with E-state index in [2.05, 4.69) is 19.9 Å². The predicted molar refractivity (Wildman–Crippen MR) is 236 cm³/mol. The largest absolute Gasteiger partial charge is 0.394 e. The van der Waals surface area contributed by atoms with Gasteiger partial charge in [0.2, 0.25) is 0 Å². The number of benzene rings is 3. The fourth-order valence-electron chi connectivity index (χ4n) is 8.04. The van der Waals surface area contributed by atoms with Gasteiger partial charge in [0.15, 0.2) is 69.8 Å². The second-order valence-electron chi connectivity index (χ2n) is 16.1. The highest BCUT2D eigenvalue weighted by molar-refractivity contribution is 6.01. The molecule has 1 aliphatic rings. The Morgan fingerprint density at radius 1 is 0.394 bits per heavy atom. The van der Waals surface area contributed by atoms with Crippen molar-refractivity contribution >= 4 is 56.6 Å². The second-order valence-corrected chi connectivity index (χ2v) is 16.1. The van der Waals surface area contributed by atoms with Crippen LogP contribution in [-0.4, -0.2) is 102 Å². The maximum atomic E-state index is 16.5. The van der Waals surface area contributed by atoms with E-state index in [0.29, 0.717) is 0 Å². The van der Waals surface area contributed by atoms with Crippen LogP contribution in [0.25, 0.3) is 78.6 Å². The zero-order valence-corrected chi connectivity index (χ0v) is 36.0. The van der Waals surface area contributed by atoms with Crippen LogP contribution in [0.2, 0.25) is 0 Å². The molecule has 0 radical (unpaired) electrons. The zero-order chi connectivity index (χ0) is 51.3. The topological polar surface area (TPSA) is 206 Å². The maximum Gasteiger partial charge on any atom is 0.185 e. The van der Waals surface area contributed by atoms with E-state index >= 15 is 52.7 Å². The van der Waals surface area contributed by atoms with E-state index in [9.17, 15) is 25.5 Å². The molecule has 0 aliphatic carbocycles. The number of nitrogens with one attached hydrogen (secondary N) is 5. The number of aromatic nitrogens is 4. The Kier molecular flexibility index (Phi) is 14.1. The molecule has 8 bridgehead atoms. The molecule has 24 heteroatoms. The first kappa shape index (κ1) is 50.3. The van der Waals surface area contributed by atoms with E-state index in [1.807, 2.05) is 10.6 Å². The molecule has 1 aliphatic heterocycles. The molecular weight excluding hydrogens is 973 g/mol. The molecule has 0 amide bonds. The van der Waals surface area contributed by atoms with Gasteiger partial charge >= 0.3 is 0 Å². The van der Waals surface area contributed by atoms with E-state index in [1.165, 1.54) is 12.1 Å². The highest BCUT2D eigenvalue weighted by Gasteiger charge is 2.33. The Morgan fingerprint density at radius 2 is 0.718 bits per heavy atom. The number of halogens is 12. The highest BCUT2D eigenvalue weighted by atomic mass is 19.2. The lowest BCUT2D eigenvalue weighted by Crippen LogP contribution is -2.24. The van der Waals surface area contributed by atoms with Gasteiger partial charge in [-0.3, -0.25) is 0 Å². The molecule has 0 fully saturated rings. The minimum atomic E-state index is -2.14. The molecule has 8 rings (SSSR count). The van der Waals surface area contributed by atoms with Crippen LogP contribution in [0, 0.1) is 69.8 Å². The molecule has 3 atom stereocenters. The predicted octanol–water partition coefficient (Wildman–Crippen LogP) is 8.18. The number of hydrogen-bond donors (Lipinski definition) is 11. The summed E-state index contributed by atoms with van der Waals surface area (Å²) in [6.07, 6.45) is -3.91. The molecule has 4 aromatic heterocycles. The third-order valence-corrected chi connectivity index (χ3v) is 11.6. The van der Waals surface area contributed by atoms with Crippen LogP contribution in [-0.2, 0) is 6.42 Å². The number of aliphatic hydroxyl groups is 6. The summed E-state index contributed by atoms with van der Waals surface area (Å²) in [5.41, 5.74) is -14.1. The average Bonchev–Trinajstić information content (AvgIpc) is 4.22. The number of H-pyrrole nitrogens is 3. The van der Waals surface area contributed by atoms with Crippen LogP contribution >= 0.6 is 0 Å². The lowest BCUT2D eigenvalue weighted by atomic mass is 9.97. The van der Waals surface area contributed by atoms with Crippen molar-refractivity contribution in [2.45, 2.75) is 31.2 Å². The number of fused-ring (bicyclic) bond motifs is 9. The highest BCUT2D eigenvalue weighted by Crippen LogP contribution is 2.43. The zero-order valence-electron chi connectivity index (χ0n) is 36.0. The third-order valence-electron chi connectivity index (χ3n) is 11.6. The van der Waals surface area contributed by atoms with Crippen molar-refractivity contribution in [2.75, 3.05) is 43.5 Å². The number of rotatable bonds is 15. The molecular formula is C47H36F12N6O6. The van der Waals surface area contributed by atoms with Crippen LogP contribution < -0.4 is 10.6 Å². The molecule has 3 aromatic carbocycles. The van der Waals surface area contributed by atoms with Gasteiger partial charge in [0, 0.05) is 62.9 Å². The Labute approximate surface area is 390 Å². The lowest BCUT2D eigenvalue weighted by Gasteiger charge is -2.16. The van der Waals surface area contributed by atoms with E-state index in [-0.39, 0.29) is 16.7 Å². The van der Waals surface area contributed by atoms with Gasteiger partial charge in [-0.25, -0.2) is 57.7 Å². The maximum absolute atomic E-state index is 16.5. The molecule has 0 saturated heterocycles. The van der Waals surface area contributed by atoms with E-state index in [4.69, 9.17) is 5.11 Å². The normalized spacial score (nSPS) is 13.4. The molecule has 5 heterocycles. The summed E-state index contributed by atoms with van der Waals surface area (Å²) in [4.78, 5) is 12.3. The quantitative estimate of drug-likeness (QED) is 0.0354. The van der Waals surface area contributed by atoms with E-state index in [0.717, 1.165) is 36.4 Å². The van der Waals surface area contributed by atoms with Crippen molar-refractivity contribution in [1.82, 2.24) is 19.9 Å². The Hall–Kier alpha value is -7.09. The first-order chi connectivity index (χ1) is 33.8. The van der Waals surface area contributed by atoms with Crippen LogP contribution in [0.5, 0.6) is 0 Å². The lowest BCUT2D eigenvalue weighted by molar-refractivity contribution is 0.0881. The van der Waals surface area contributed by atoms with Gasteiger partial charge in [-0.1, -0.05) is 0 Å². The van der Waals surface area contributed by atoms with Crippen LogP contribution in [0.15, 0.2) is 36.4 Å². The van der Waals surface area contributed by atoms with Crippen LogP contribution in [0.3, 0.4) is 0 Å². The van der Waals surface area contributed by atoms with Crippen molar-refractivity contribution in [2.24, 2.45) is 0 Å². The molecule has 0 unspecified atom stereocenters. The summed E-state index contributed by atoms with van der Waals surface area (Å²) >= 11 is 0. The number of aliphatic hydroxyl groups excluding tert-OH is 6. The average molecular weight is 1010 g/mol. The smallest absolute Gasteiger partial charge is 0.185 e. The Morgan fingerprint density at radius 3 is 1.11 bits per heavy atom. The monoisotopic (exact) mass is 1010 g/mol. The minimum absolute atomic E-state index is 0.0730.